The first-order valence-electron chi connectivity index (χ1n) is 8.41. The molecular formula is C19H20N2O6S. The number of nitro groups is 1. The lowest BCUT2D eigenvalue weighted by molar-refractivity contribution is -0.384. The molecule has 0 aromatic heterocycles. The van der Waals surface area contributed by atoms with E-state index in [1.165, 1.54) is 44.0 Å². The second kappa shape index (κ2) is 10.3. The molecule has 9 heteroatoms. The summed E-state index contributed by atoms with van der Waals surface area (Å²) in [5.74, 6) is -0.369. The number of hydrogen-bond donors (Lipinski definition) is 1. The summed E-state index contributed by atoms with van der Waals surface area (Å²) in [5.41, 5.74) is 0.0888. The predicted molar refractivity (Wildman–Crippen MR) is 106 cm³/mol. The third-order valence-corrected chi connectivity index (χ3v) is 4.66. The van der Waals surface area contributed by atoms with Gasteiger partial charge in [-0.15, -0.1) is 11.8 Å². The second-order valence-corrected chi connectivity index (χ2v) is 6.84. The summed E-state index contributed by atoms with van der Waals surface area (Å²) in [6.45, 7) is 1.45. The van der Waals surface area contributed by atoms with Crippen LogP contribution >= 0.6 is 11.8 Å². The lowest BCUT2D eigenvalue weighted by Gasteiger charge is -2.15. The van der Waals surface area contributed by atoms with Crippen LogP contribution in [0.1, 0.15) is 13.3 Å². The molecule has 148 valence electrons. The summed E-state index contributed by atoms with van der Waals surface area (Å²) in [6, 6.07) is 13.5. The van der Waals surface area contributed by atoms with E-state index < -0.39 is 22.9 Å². The van der Waals surface area contributed by atoms with E-state index in [4.69, 9.17) is 9.47 Å². The number of amides is 1. The van der Waals surface area contributed by atoms with E-state index in [0.717, 1.165) is 4.90 Å². The molecule has 1 amide bonds. The molecule has 2 aromatic rings. The Hall–Kier alpha value is -3.07. The fourth-order valence-electron chi connectivity index (χ4n) is 2.21. The number of ether oxygens (including phenoxy) is 2. The topological polar surface area (TPSA) is 108 Å². The molecule has 2 rings (SSSR count). The van der Waals surface area contributed by atoms with Gasteiger partial charge in [-0.05, 0) is 25.1 Å². The van der Waals surface area contributed by atoms with Crippen LogP contribution in [-0.2, 0) is 14.3 Å². The molecule has 1 atom stereocenters. The maximum atomic E-state index is 12.2. The minimum absolute atomic E-state index is 0.139. The molecule has 1 N–H and O–H groups in total. The molecule has 0 aliphatic carbocycles. The van der Waals surface area contributed by atoms with Crippen molar-refractivity contribution in [3.8, 4) is 5.75 Å². The molecule has 8 nitrogen and oxygen atoms in total. The standard InChI is InChI=1S/C19H20N2O6S/c1-13(27-18(22)10-11-28-15-6-4-3-5-7-15)19(23)20-16-9-8-14(21(24)25)12-17(16)26-2/h3-9,12-13H,10-11H2,1-2H3,(H,20,23)/t13-/m0/s1. The van der Waals surface area contributed by atoms with Gasteiger partial charge in [-0.1, -0.05) is 18.2 Å². The smallest absolute Gasteiger partial charge is 0.307 e. The zero-order valence-corrected chi connectivity index (χ0v) is 16.2. The highest BCUT2D eigenvalue weighted by Gasteiger charge is 2.20. The number of nitrogens with zero attached hydrogens (tertiary/aromatic N) is 1. The average molecular weight is 404 g/mol. The molecule has 0 saturated carbocycles. The Balaban J connectivity index is 1.85. The molecule has 0 aliphatic heterocycles. The minimum Gasteiger partial charge on any atom is -0.494 e. The molecule has 0 radical (unpaired) electrons. The van der Waals surface area contributed by atoms with Crippen molar-refractivity contribution >= 4 is 35.0 Å². The molecule has 0 aliphatic rings. The van der Waals surface area contributed by atoms with Crippen molar-refractivity contribution in [2.45, 2.75) is 24.3 Å². The predicted octanol–water partition coefficient (Wildman–Crippen LogP) is 3.66. The summed E-state index contributed by atoms with van der Waals surface area (Å²) >= 11 is 1.52. The van der Waals surface area contributed by atoms with Crippen molar-refractivity contribution < 1.29 is 24.0 Å². The van der Waals surface area contributed by atoms with Crippen LogP contribution in [0.15, 0.2) is 53.4 Å². The van der Waals surface area contributed by atoms with Crippen molar-refractivity contribution in [3.63, 3.8) is 0 Å². The first-order valence-corrected chi connectivity index (χ1v) is 9.40. The molecule has 0 spiro atoms. The molecule has 0 saturated heterocycles. The van der Waals surface area contributed by atoms with E-state index in [2.05, 4.69) is 5.32 Å². The Morgan fingerprint density at radius 1 is 1.21 bits per heavy atom. The van der Waals surface area contributed by atoms with Crippen LogP contribution < -0.4 is 10.1 Å². The van der Waals surface area contributed by atoms with Gasteiger partial charge < -0.3 is 14.8 Å². The van der Waals surface area contributed by atoms with Crippen molar-refractivity contribution in [1.29, 1.82) is 0 Å². The fraction of sp³-hybridized carbons (Fsp3) is 0.263. The Labute approximate surface area is 166 Å². The van der Waals surface area contributed by atoms with E-state index in [9.17, 15) is 19.7 Å². The number of hydrogen-bond acceptors (Lipinski definition) is 7. The van der Waals surface area contributed by atoms with Crippen molar-refractivity contribution in [2.24, 2.45) is 0 Å². The number of methoxy groups -OCH3 is 1. The fourth-order valence-corrected chi connectivity index (χ4v) is 3.06. The molecule has 2 aromatic carbocycles. The Morgan fingerprint density at radius 2 is 1.93 bits per heavy atom. The van der Waals surface area contributed by atoms with Crippen LogP contribution in [0.25, 0.3) is 0 Å². The number of nitrogens with one attached hydrogen (secondary N) is 1. The van der Waals surface area contributed by atoms with E-state index in [-0.39, 0.29) is 23.5 Å². The van der Waals surface area contributed by atoms with E-state index in [1.54, 1.807) is 0 Å². The molecule has 28 heavy (non-hydrogen) atoms. The van der Waals surface area contributed by atoms with Crippen molar-refractivity contribution in [1.82, 2.24) is 0 Å². The number of rotatable bonds is 9. The van der Waals surface area contributed by atoms with Gasteiger partial charge in [0.1, 0.15) is 5.75 Å². The van der Waals surface area contributed by atoms with Gasteiger partial charge in [0.2, 0.25) is 0 Å². The van der Waals surface area contributed by atoms with E-state index in [0.29, 0.717) is 5.75 Å². The quantitative estimate of drug-likeness (QED) is 0.294. The van der Waals surface area contributed by atoms with Crippen LogP contribution in [0, 0.1) is 10.1 Å². The van der Waals surface area contributed by atoms with E-state index >= 15 is 0 Å². The third-order valence-electron chi connectivity index (χ3n) is 3.65. The number of nitro benzene ring substituents is 1. The summed E-state index contributed by atoms with van der Waals surface area (Å²) in [7, 11) is 1.34. The zero-order valence-electron chi connectivity index (χ0n) is 15.4. The first kappa shape index (κ1) is 21.2. The summed E-state index contributed by atoms with van der Waals surface area (Å²) in [6.07, 6.45) is -0.855. The normalized spacial score (nSPS) is 11.4. The minimum atomic E-state index is -1.02. The van der Waals surface area contributed by atoms with Crippen LogP contribution in [0.2, 0.25) is 0 Å². The second-order valence-electron chi connectivity index (χ2n) is 5.67. The van der Waals surface area contributed by atoms with Gasteiger partial charge in [0.15, 0.2) is 6.10 Å². The van der Waals surface area contributed by atoms with Gasteiger partial charge in [-0.3, -0.25) is 19.7 Å². The van der Waals surface area contributed by atoms with Gasteiger partial charge in [0.05, 0.1) is 30.2 Å². The third kappa shape index (κ3) is 6.27. The number of non-ortho nitro benzene ring substituents is 1. The van der Waals surface area contributed by atoms with Gasteiger partial charge >= 0.3 is 5.97 Å². The zero-order chi connectivity index (χ0) is 20.5. The summed E-state index contributed by atoms with van der Waals surface area (Å²) < 4.78 is 10.2. The number of thioether (sulfide) groups is 1. The first-order chi connectivity index (χ1) is 13.4. The van der Waals surface area contributed by atoms with Gasteiger partial charge in [0.25, 0.3) is 11.6 Å². The highest BCUT2D eigenvalue weighted by atomic mass is 32.2. The summed E-state index contributed by atoms with van der Waals surface area (Å²) in [4.78, 5) is 35.5. The maximum Gasteiger partial charge on any atom is 0.307 e. The number of carbonyl (C=O) groups is 2. The molecule has 0 bridgehead atoms. The van der Waals surface area contributed by atoms with Crippen molar-refractivity contribution in [2.75, 3.05) is 18.2 Å². The van der Waals surface area contributed by atoms with Crippen LogP contribution in [0.4, 0.5) is 11.4 Å². The Kier molecular flexibility index (Phi) is 7.82. The van der Waals surface area contributed by atoms with Crippen LogP contribution in [0.3, 0.4) is 0 Å². The monoisotopic (exact) mass is 404 g/mol. The highest BCUT2D eigenvalue weighted by Crippen LogP contribution is 2.29. The molecule has 0 heterocycles. The lowest BCUT2D eigenvalue weighted by Crippen LogP contribution is -2.30. The van der Waals surface area contributed by atoms with Crippen molar-refractivity contribution in [3.05, 3.63) is 58.6 Å². The largest absolute Gasteiger partial charge is 0.494 e. The SMILES string of the molecule is COc1cc([N+](=O)[O-])ccc1NC(=O)[C@H](C)OC(=O)CCSc1ccccc1. The average Bonchev–Trinajstić information content (AvgIpc) is 2.68. The highest BCUT2D eigenvalue weighted by molar-refractivity contribution is 7.99. The number of esters is 1. The van der Waals surface area contributed by atoms with Crippen LogP contribution in [0.5, 0.6) is 5.75 Å². The van der Waals surface area contributed by atoms with Gasteiger partial charge in [0, 0.05) is 16.7 Å². The molecule has 0 unspecified atom stereocenters. The number of anilines is 1. The molecular weight excluding hydrogens is 384 g/mol. The van der Waals surface area contributed by atoms with Gasteiger partial charge in [-0.25, -0.2) is 0 Å². The summed E-state index contributed by atoms with van der Waals surface area (Å²) in [5, 5.41) is 13.4. The number of carbonyl (C=O) groups excluding carboxylic acids is 2. The lowest BCUT2D eigenvalue weighted by atomic mass is 10.2. The maximum absolute atomic E-state index is 12.2. The Bertz CT molecular complexity index is 844. The van der Waals surface area contributed by atoms with Crippen LogP contribution in [-0.4, -0.2) is 35.8 Å². The Morgan fingerprint density at radius 3 is 2.57 bits per heavy atom. The molecule has 0 fully saturated rings. The van der Waals surface area contributed by atoms with E-state index in [1.807, 2.05) is 30.3 Å². The van der Waals surface area contributed by atoms with Gasteiger partial charge in [-0.2, -0.15) is 0 Å². The number of benzene rings is 2.